The summed E-state index contributed by atoms with van der Waals surface area (Å²) in [6, 6.07) is 11.2. The summed E-state index contributed by atoms with van der Waals surface area (Å²) in [5.41, 5.74) is -1.65. The average Bonchev–Trinajstić information content (AvgIpc) is 3.19. The van der Waals surface area contributed by atoms with E-state index in [2.05, 4.69) is 10.1 Å². The highest BCUT2D eigenvalue weighted by atomic mass is 19.4. The fraction of sp³-hybridized carbons (Fsp3) is 0.348. The van der Waals surface area contributed by atoms with Gasteiger partial charge in [0.1, 0.15) is 11.5 Å². The molecule has 33 heavy (non-hydrogen) atoms. The van der Waals surface area contributed by atoms with Crippen molar-refractivity contribution in [3.8, 4) is 22.9 Å². The molecule has 1 aromatic heterocycles. The van der Waals surface area contributed by atoms with Crippen molar-refractivity contribution in [2.45, 2.75) is 52.1 Å². The molecule has 0 aliphatic rings. The Bertz CT molecular complexity index is 1110. The molecule has 3 aromatic rings. The van der Waals surface area contributed by atoms with Gasteiger partial charge in [0.25, 0.3) is 0 Å². The van der Waals surface area contributed by atoms with E-state index in [0.29, 0.717) is 35.3 Å². The molecule has 0 aliphatic heterocycles. The lowest BCUT2D eigenvalue weighted by Crippen LogP contribution is -2.37. The highest BCUT2D eigenvalue weighted by Crippen LogP contribution is 2.31. The molecule has 0 bridgehead atoms. The topological polar surface area (TPSA) is 86.5 Å². The first-order chi connectivity index (χ1) is 15.4. The minimum Gasteiger partial charge on any atom is -0.483 e. The monoisotopic (exact) mass is 463 g/mol. The van der Waals surface area contributed by atoms with Gasteiger partial charge < -0.3 is 14.6 Å². The predicted octanol–water partition coefficient (Wildman–Crippen LogP) is 5.37. The van der Waals surface area contributed by atoms with E-state index < -0.39 is 29.4 Å². The van der Waals surface area contributed by atoms with Crippen molar-refractivity contribution in [2.24, 2.45) is 0 Å². The zero-order valence-corrected chi connectivity index (χ0v) is 18.6. The number of carboxylic acids is 1. The Kier molecular flexibility index (Phi) is 6.66. The van der Waals surface area contributed by atoms with Crippen LogP contribution in [0.3, 0.4) is 0 Å². The first kappa shape index (κ1) is 24.1. The van der Waals surface area contributed by atoms with Gasteiger partial charge in [0, 0.05) is 12.1 Å². The van der Waals surface area contributed by atoms with E-state index in [9.17, 15) is 23.1 Å². The van der Waals surface area contributed by atoms with Gasteiger partial charge in [-0.25, -0.2) is 14.5 Å². The van der Waals surface area contributed by atoms with Crippen molar-refractivity contribution in [1.82, 2.24) is 14.8 Å². The standard InChI is InChI=1S/C23H24F3N3O4/c1-5-29-20(27-19(28-29)15-6-8-16(9-7-15)23(24,25)26)14(2)32-17-10-12-18(13-11-17)33-22(3,4)21(30)31/h6-14H,5H2,1-4H3,(H,30,31)/t14-/m0/s1. The van der Waals surface area contributed by atoms with Crippen molar-refractivity contribution >= 4 is 5.97 Å². The molecular formula is C23H24F3N3O4. The number of halogens is 3. The molecule has 2 aromatic carbocycles. The Balaban J connectivity index is 1.76. The lowest BCUT2D eigenvalue weighted by Gasteiger charge is -2.21. The first-order valence-corrected chi connectivity index (χ1v) is 10.2. The molecular weight excluding hydrogens is 439 g/mol. The van der Waals surface area contributed by atoms with Crippen LogP contribution in [0.15, 0.2) is 48.5 Å². The molecule has 10 heteroatoms. The summed E-state index contributed by atoms with van der Waals surface area (Å²) in [5, 5.41) is 13.6. The molecule has 0 amide bonds. The molecule has 0 spiro atoms. The van der Waals surface area contributed by atoms with Gasteiger partial charge in [-0.05, 0) is 64.1 Å². The molecule has 3 rings (SSSR count). The fourth-order valence-electron chi connectivity index (χ4n) is 3.00. The third kappa shape index (κ3) is 5.63. The molecule has 1 heterocycles. The second-order valence-corrected chi connectivity index (χ2v) is 7.83. The third-order valence-electron chi connectivity index (χ3n) is 4.86. The molecule has 0 radical (unpaired) electrons. The summed E-state index contributed by atoms with van der Waals surface area (Å²) in [6.45, 7) is 7.05. The number of hydrogen-bond donors (Lipinski definition) is 1. The molecule has 176 valence electrons. The second kappa shape index (κ2) is 9.13. The number of ether oxygens (including phenoxy) is 2. The maximum Gasteiger partial charge on any atom is 0.416 e. The van der Waals surface area contributed by atoms with Crippen LogP contribution in [0.1, 0.15) is 45.2 Å². The minimum atomic E-state index is -4.41. The van der Waals surface area contributed by atoms with Crippen LogP contribution in [0.25, 0.3) is 11.4 Å². The van der Waals surface area contributed by atoms with E-state index >= 15 is 0 Å². The van der Waals surface area contributed by atoms with Crippen molar-refractivity contribution in [1.29, 1.82) is 0 Å². The lowest BCUT2D eigenvalue weighted by molar-refractivity contribution is -0.152. The van der Waals surface area contributed by atoms with Gasteiger partial charge in [-0.1, -0.05) is 12.1 Å². The van der Waals surface area contributed by atoms with Crippen LogP contribution in [0.5, 0.6) is 11.5 Å². The third-order valence-corrected chi connectivity index (χ3v) is 4.86. The molecule has 7 nitrogen and oxygen atoms in total. The average molecular weight is 463 g/mol. The van der Waals surface area contributed by atoms with Crippen LogP contribution in [0, 0.1) is 0 Å². The smallest absolute Gasteiger partial charge is 0.416 e. The van der Waals surface area contributed by atoms with Crippen LogP contribution < -0.4 is 9.47 Å². The molecule has 0 unspecified atom stereocenters. The Hall–Kier alpha value is -3.56. The number of aliphatic carboxylic acids is 1. The van der Waals surface area contributed by atoms with E-state index in [4.69, 9.17) is 9.47 Å². The molecule has 0 saturated carbocycles. The Morgan fingerprint density at radius 1 is 1.06 bits per heavy atom. The predicted molar refractivity (Wildman–Crippen MR) is 114 cm³/mol. The molecule has 1 N–H and O–H groups in total. The van der Waals surface area contributed by atoms with E-state index in [0.717, 1.165) is 12.1 Å². The number of carbonyl (C=O) groups is 1. The van der Waals surface area contributed by atoms with Gasteiger partial charge in [0.15, 0.2) is 23.4 Å². The number of rotatable bonds is 8. The Labute approximate surface area is 188 Å². The van der Waals surface area contributed by atoms with E-state index in [1.807, 2.05) is 6.92 Å². The number of hydrogen-bond acceptors (Lipinski definition) is 5. The fourth-order valence-corrected chi connectivity index (χ4v) is 3.00. The summed E-state index contributed by atoms with van der Waals surface area (Å²) in [5.74, 6) is 0.614. The Morgan fingerprint density at radius 3 is 2.15 bits per heavy atom. The maximum atomic E-state index is 12.8. The van der Waals surface area contributed by atoms with Gasteiger partial charge >= 0.3 is 12.1 Å². The van der Waals surface area contributed by atoms with Crippen molar-refractivity contribution in [3.63, 3.8) is 0 Å². The van der Waals surface area contributed by atoms with E-state index in [-0.39, 0.29) is 0 Å². The van der Waals surface area contributed by atoms with E-state index in [1.165, 1.54) is 26.0 Å². The minimum absolute atomic E-state index is 0.302. The first-order valence-electron chi connectivity index (χ1n) is 10.2. The summed E-state index contributed by atoms with van der Waals surface area (Å²) in [6.07, 6.45) is -4.92. The van der Waals surface area contributed by atoms with Crippen LogP contribution >= 0.6 is 0 Å². The van der Waals surface area contributed by atoms with Crippen molar-refractivity contribution in [3.05, 3.63) is 59.9 Å². The second-order valence-electron chi connectivity index (χ2n) is 7.83. The SMILES string of the molecule is CCn1nc(-c2ccc(C(F)(F)F)cc2)nc1[C@H](C)Oc1ccc(OC(C)(C)C(=O)O)cc1. The normalized spacial score (nSPS) is 12.9. The van der Waals surface area contributed by atoms with Gasteiger partial charge in [0.2, 0.25) is 0 Å². The molecule has 1 atom stereocenters. The van der Waals surface area contributed by atoms with Crippen LogP contribution in [0.2, 0.25) is 0 Å². The van der Waals surface area contributed by atoms with Gasteiger partial charge in [0.05, 0.1) is 5.56 Å². The zero-order valence-electron chi connectivity index (χ0n) is 18.6. The van der Waals surface area contributed by atoms with Crippen LogP contribution in [-0.2, 0) is 17.5 Å². The highest BCUT2D eigenvalue weighted by Gasteiger charge is 2.31. The largest absolute Gasteiger partial charge is 0.483 e. The maximum absolute atomic E-state index is 12.8. The number of carboxylic acid groups (broad SMARTS) is 1. The summed E-state index contributed by atoms with van der Waals surface area (Å²) < 4.78 is 51.5. The number of nitrogens with zero attached hydrogens (tertiary/aromatic N) is 3. The van der Waals surface area contributed by atoms with Crippen LogP contribution in [-0.4, -0.2) is 31.4 Å². The summed E-state index contributed by atoms with van der Waals surface area (Å²) in [7, 11) is 0. The number of aromatic nitrogens is 3. The number of aryl methyl sites for hydroxylation is 1. The zero-order chi connectivity index (χ0) is 24.4. The van der Waals surface area contributed by atoms with Crippen LogP contribution in [0.4, 0.5) is 13.2 Å². The molecule has 0 saturated heterocycles. The number of alkyl halides is 3. The molecule has 0 fully saturated rings. The summed E-state index contributed by atoms with van der Waals surface area (Å²) >= 11 is 0. The molecule has 0 aliphatic carbocycles. The van der Waals surface area contributed by atoms with E-state index in [1.54, 1.807) is 35.9 Å². The van der Waals surface area contributed by atoms with Crippen molar-refractivity contribution < 1.29 is 32.5 Å². The van der Waals surface area contributed by atoms with Gasteiger partial charge in [-0.15, -0.1) is 0 Å². The quantitative estimate of drug-likeness (QED) is 0.484. The van der Waals surface area contributed by atoms with Crippen molar-refractivity contribution in [2.75, 3.05) is 0 Å². The highest BCUT2D eigenvalue weighted by molar-refractivity contribution is 5.76. The van der Waals surface area contributed by atoms with Gasteiger partial charge in [-0.3, -0.25) is 0 Å². The summed E-state index contributed by atoms with van der Waals surface area (Å²) in [4.78, 5) is 15.7. The Morgan fingerprint density at radius 2 is 1.64 bits per heavy atom. The lowest BCUT2D eigenvalue weighted by atomic mass is 10.1. The van der Waals surface area contributed by atoms with Gasteiger partial charge in [-0.2, -0.15) is 18.3 Å². The number of benzene rings is 2.